The average molecular weight is 328 g/mol. The number of para-hydroxylation sites is 1. The quantitative estimate of drug-likeness (QED) is 0.441. The first-order valence-corrected chi connectivity index (χ1v) is 8.72. The first-order valence-electron chi connectivity index (χ1n) is 7.74. The van der Waals surface area contributed by atoms with Crippen molar-refractivity contribution < 1.29 is 9.47 Å². The molecule has 23 heavy (non-hydrogen) atoms. The van der Waals surface area contributed by atoms with Crippen molar-refractivity contribution in [1.29, 1.82) is 0 Å². The Morgan fingerprint density at radius 1 is 0.957 bits per heavy atom. The fourth-order valence-electron chi connectivity index (χ4n) is 2.21. The fraction of sp³-hybridized carbons (Fsp3) is 0.278. The Bertz CT molecular complexity index is 715. The molecule has 0 spiro atoms. The second-order valence-electron chi connectivity index (χ2n) is 5.00. The van der Waals surface area contributed by atoms with E-state index in [-0.39, 0.29) is 0 Å². The van der Waals surface area contributed by atoms with Crippen LogP contribution in [0.25, 0.3) is 5.65 Å². The van der Waals surface area contributed by atoms with Gasteiger partial charge in [-0.05, 0) is 30.7 Å². The molecular weight excluding hydrogens is 308 g/mol. The van der Waals surface area contributed by atoms with Crippen molar-refractivity contribution >= 4 is 17.4 Å². The molecule has 3 aromatic rings. The zero-order valence-corrected chi connectivity index (χ0v) is 13.7. The van der Waals surface area contributed by atoms with Crippen LogP contribution in [0.4, 0.5) is 0 Å². The monoisotopic (exact) mass is 328 g/mol. The first-order chi connectivity index (χ1) is 11.4. The minimum absolute atomic E-state index is 0.589. The van der Waals surface area contributed by atoms with Crippen LogP contribution in [-0.2, 0) is 4.74 Å². The maximum Gasteiger partial charge on any atom is 0.137 e. The molecule has 0 amide bonds. The number of benzene rings is 1. The van der Waals surface area contributed by atoms with Gasteiger partial charge in [-0.3, -0.25) is 4.40 Å². The van der Waals surface area contributed by atoms with Gasteiger partial charge < -0.3 is 9.47 Å². The van der Waals surface area contributed by atoms with Gasteiger partial charge in [-0.25, -0.2) is 4.98 Å². The van der Waals surface area contributed by atoms with Gasteiger partial charge in [0.2, 0.25) is 0 Å². The van der Waals surface area contributed by atoms with Crippen LogP contribution in [0.2, 0.25) is 0 Å². The number of rotatable bonds is 9. The van der Waals surface area contributed by atoms with E-state index in [2.05, 4.69) is 15.5 Å². The summed E-state index contributed by atoms with van der Waals surface area (Å²) in [5.74, 6) is 1.91. The number of hydrogen-bond donors (Lipinski definition) is 0. The summed E-state index contributed by atoms with van der Waals surface area (Å²) in [6.07, 6.45) is 4.84. The fourth-order valence-corrected chi connectivity index (χ4v) is 3.15. The van der Waals surface area contributed by atoms with E-state index in [1.807, 2.05) is 66.6 Å². The lowest BCUT2D eigenvalue weighted by atomic mass is 10.3. The minimum Gasteiger partial charge on any atom is -0.491 e. The van der Waals surface area contributed by atoms with E-state index >= 15 is 0 Å². The number of thioether (sulfide) groups is 1. The van der Waals surface area contributed by atoms with Crippen molar-refractivity contribution in [2.75, 3.05) is 25.6 Å². The molecule has 0 saturated heterocycles. The second kappa shape index (κ2) is 8.60. The molecule has 0 aliphatic carbocycles. The molecule has 0 aliphatic rings. The van der Waals surface area contributed by atoms with Gasteiger partial charge in [-0.15, -0.1) is 11.8 Å². The molecule has 0 atom stereocenters. The third kappa shape index (κ3) is 4.74. The zero-order valence-electron chi connectivity index (χ0n) is 12.9. The zero-order chi connectivity index (χ0) is 15.7. The normalized spacial score (nSPS) is 11.0. The van der Waals surface area contributed by atoms with Crippen LogP contribution in [0, 0.1) is 0 Å². The predicted molar refractivity (Wildman–Crippen MR) is 93.3 cm³/mol. The summed E-state index contributed by atoms with van der Waals surface area (Å²) in [7, 11) is 0. The van der Waals surface area contributed by atoms with E-state index in [4.69, 9.17) is 9.47 Å². The Morgan fingerprint density at radius 2 is 1.87 bits per heavy atom. The van der Waals surface area contributed by atoms with Gasteiger partial charge in [0, 0.05) is 24.8 Å². The molecular formula is C18H20N2O2S. The van der Waals surface area contributed by atoms with Gasteiger partial charge in [0.05, 0.1) is 11.6 Å². The van der Waals surface area contributed by atoms with Gasteiger partial charge in [0.25, 0.3) is 0 Å². The number of imidazole rings is 1. The molecule has 120 valence electrons. The van der Waals surface area contributed by atoms with Crippen LogP contribution in [0.5, 0.6) is 5.75 Å². The lowest BCUT2D eigenvalue weighted by Crippen LogP contribution is -2.07. The highest BCUT2D eigenvalue weighted by Crippen LogP contribution is 2.19. The Hall–Kier alpha value is -1.98. The molecule has 0 fully saturated rings. The number of hydrogen-bond acceptors (Lipinski definition) is 4. The maximum absolute atomic E-state index is 5.61. The van der Waals surface area contributed by atoms with Gasteiger partial charge in [0.1, 0.15) is 18.0 Å². The summed E-state index contributed by atoms with van der Waals surface area (Å²) < 4.78 is 13.3. The van der Waals surface area contributed by atoms with E-state index in [1.54, 1.807) is 0 Å². The van der Waals surface area contributed by atoms with Crippen LogP contribution < -0.4 is 4.74 Å². The van der Waals surface area contributed by atoms with Crippen molar-refractivity contribution in [2.45, 2.75) is 11.4 Å². The lowest BCUT2D eigenvalue weighted by Gasteiger charge is -2.07. The van der Waals surface area contributed by atoms with Crippen LogP contribution in [0.15, 0.2) is 66.0 Å². The highest BCUT2D eigenvalue weighted by Gasteiger charge is 2.01. The van der Waals surface area contributed by atoms with E-state index < -0.39 is 0 Å². The van der Waals surface area contributed by atoms with E-state index in [9.17, 15) is 0 Å². The lowest BCUT2D eigenvalue weighted by molar-refractivity contribution is 0.101. The van der Waals surface area contributed by atoms with Gasteiger partial charge in [0.15, 0.2) is 0 Å². The maximum atomic E-state index is 5.61. The first kappa shape index (κ1) is 15.9. The van der Waals surface area contributed by atoms with Crippen LogP contribution in [0.1, 0.15) is 6.42 Å². The van der Waals surface area contributed by atoms with Crippen molar-refractivity contribution in [3.8, 4) is 5.75 Å². The Labute approximate surface area is 140 Å². The summed E-state index contributed by atoms with van der Waals surface area (Å²) in [6.45, 7) is 1.97. The third-order valence-electron chi connectivity index (χ3n) is 3.31. The molecule has 2 heterocycles. The molecule has 0 unspecified atom stereocenters. The molecule has 3 rings (SSSR count). The number of ether oxygens (including phenoxy) is 2. The summed E-state index contributed by atoms with van der Waals surface area (Å²) in [4.78, 5) is 4.29. The largest absolute Gasteiger partial charge is 0.491 e. The molecule has 4 nitrogen and oxygen atoms in total. The molecule has 0 N–H and O–H groups in total. The van der Waals surface area contributed by atoms with Crippen LogP contribution in [-0.4, -0.2) is 35.0 Å². The van der Waals surface area contributed by atoms with Crippen molar-refractivity contribution in [1.82, 2.24) is 9.38 Å². The predicted octanol–water partition coefficient (Wildman–Crippen LogP) is 3.91. The minimum atomic E-state index is 0.589. The van der Waals surface area contributed by atoms with E-state index in [0.717, 1.165) is 30.2 Å². The number of aromatic nitrogens is 2. The van der Waals surface area contributed by atoms with Crippen LogP contribution in [0.3, 0.4) is 0 Å². The summed E-state index contributed by atoms with van der Waals surface area (Å²) in [5, 5.41) is 1.22. The third-order valence-corrected chi connectivity index (χ3v) is 4.43. The number of pyridine rings is 1. The van der Waals surface area contributed by atoms with Crippen molar-refractivity contribution in [2.24, 2.45) is 0 Å². The Balaban J connectivity index is 1.28. The SMILES string of the molecule is c1ccc(OCCOCCCSc2cccc3nccn23)cc1. The second-order valence-corrected chi connectivity index (χ2v) is 6.11. The molecule has 1 aromatic carbocycles. The number of fused-ring (bicyclic) bond motifs is 1. The Kier molecular flexibility index (Phi) is 5.94. The Morgan fingerprint density at radius 3 is 2.78 bits per heavy atom. The average Bonchev–Trinajstić information content (AvgIpc) is 3.07. The molecule has 0 bridgehead atoms. The highest BCUT2D eigenvalue weighted by molar-refractivity contribution is 7.99. The van der Waals surface area contributed by atoms with Gasteiger partial charge in [-0.1, -0.05) is 24.3 Å². The topological polar surface area (TPSA) is 35.8 Å². The number of nitrogens with zero attached hydrogens (tertiary/aromatic N) is 2. The van der Waals surface area contributed by atoms with Crippen molar-refractivity contribution in [3.63, 3.8) is 0 Å². The smallest absolute Gasteiger partial charge is 0.137 e. The van der Waals surface area contributed by atoms with Gasteiger partial charge in [-0.2, -0.15) is 0 Å². The molecule has 0 aliphatic heterocycles. The highest BCUT2D eigenvalue weighted by atomic mass is 32.2. The summed E-state index contributed by atoms with van der Waals surface area (Å²) in [6, 6.07) is 16.0. The molecule has 0 saturated carbocycles. The van der Waals surface area contributed by atoms with E-state index in [1.165, 1.54) is 5.03 Å². The van der Waals surface area contributed by atoms with Crippen LogP contribution >= 0.6 is 11.8 Å². The molecule has 5 heteroatoms. The van der Waals surface area contributed by atoms with E-state index in [0.29, 0.717) is 13.2 Å². The van der Waals surface area contributed by atoms with Gasteiger partial charge >= 0.3 is 0 Å². The molecule has 2 aromatic heterocycles. The summed E-state index contributed by atoms with van der Waals surface area (Å²) in [5.41, 5.74) is 0.990. The standard InChI is InChI=1S/C18H20N2O2S/c1-2-6-16(7-3-1)22-14-13-21-12-5-15-23-18-9-4-8-17-19-10-11-20(17)18/h1-4,6-11H,5,12-15H2. The van der Waals surface area contributed by atoms with Crippen molar-refractivity contribution in [3.05, 3.63) is 60.9 Å². The summed E-state index contributed by atoms with van der Waals surface area (Å²) >= 11 is 1.83. The molecule has 0 radical (unpaired) electrons.